The van der Waals surface area contributed by atoms with Gasteiger partial charge in [-0.2, -0.15) is 0 Å². The van der Waals surface area contributed by atoms with E-state index in [0.29, 0.717) is 7.92 Å². The van der Waals surface area contributed by atoms with E-state index in [2.05, 4.69) is 35.0 Å². The highest BCUT2D eigenvalue weighted by Crippen LogP contribution is 2.37. The molecule has 0 radical (unpaired) electrons. The monoisotopic (exact) mass is 232 g/mol. The molecule has 0 fully saturated rings. The van der Waals surface area contributed by atoms with Crippen LogP contribution in [0, 0.1) is 0 Å². The molecule has 0 bridgehead atoms. The van der Waals surface area contributed by atoms with Gasteiger partial charge in [-0.1, -0.05) is 26.7 Å². The lowest BCUT2D eigenvalue weighted by atomic mass is 10.4. The van der Waals surface area contributed by atoms with Crippen LogP contribution in [-0.2, 0) is 0 Å². The molecule has 0 spiro atoms. The van der Waals surface area contributed by atoms with Gasteiger partial charge in [-0.05, 0) is 25.2 Å². The summed E-state index contributed by atoms with van der Waals surface area (Å²) in [5, 5.41) is 0. The van der Waals surface area contributed by atoms with E-state index < -0.39 is 0 Å². The van der Waals surface area contributed by atoms with E-state index in [9.17, 15) is 0 Å². The average Bonchev–Trinajstić information content (AvgIpc) is 2.15. The van der Waals surface area contributed by atoms with E-state index in [4.69, 9.17) is 0 Å². The smallest absolute Gasteiger partial charge is 0.0820 e. The van der Waals surface area contributed by atoms with Crippen molar-refractivity contribution in [1.29, 1.82) is 0 Å². The summed E-state index contributed by atoms with van der Waals surface area (Å²) in [4.78, 5) is 0. The molecule has 0 atom stereocenters. The lowest BCUT2D eigenvalue weighted by molar-refractivity contribution is -0.867. The van der Waals surface area contributed by atoms with Crippen LogP contribution in [-0.4, -0.2) is 50.7 Å². The highest BCUT2D eigenvalue weighted by atomic mass is 31.1. The molecule has 92 valence electrons. The molecule has 0 heterocycles. The van der Waals surface area contributed by atoms with Crippen molar-refractivity contribution in [3.63, 3.8) is 0 Å². The van der Waals surface area contributed by atoms with Crippen LogP contribution in [0.4, 0.5) is 0 Å². The largest absolute Gasteiger partial charge is 0.331 e. The number of unbranched alkanes of at least 4 members (excludes halogenated alkanes) is 2. The molecule has 0 rings (SSSR count). The highest BCUT2D eigenvalue weighted by Gasteiger charge is 2.12. The first kappa shape index (κ1) is 15.4. The molecule has 0 aromatic rings. The number of hydrogen-bond donors (Lipinski definition) is 0. The van der Waals surface area contributed by atoms with Crippen molar-refractivity contribution in [3.05, 3.63) is 0 Å². The van der Waals surface area contributed by atoms with Gasteiger partial charge < -0.3 is 4.48 Å². The molecule has 15 heavy (non-hydrogen) atoms. The van der Waals surface area contributed by atoms with Crippen LogP contribution in [0.15, 0.2) is 0 Å². The molecular formula is C13H31NP+. The third-order valence-electron chi connectivity index (χ3n) is 2.74. The van der Waals surface area contributed by atoms with Gasteiger partial charge in [-0.25, -0.2) is 0 Å². The second-order valence-corrected chi connectivity index (χ2v) is 8.25. The van der Waals surface area contributed by atoms with Gasteiger partial charge >= 0.3 is 0 Å². The maximum absolute atomic E-state index is 2.31. The Morgan fingerprint density at radius 3 is 1.60 bits per heavy atom. The van der Waals surface area contributed by atoms with Crippen molar-refractivity contribution < 1.29 is 4.48 Å². The molecule has 0 unspecified atom stereocenters. The van der Waals surface area contributed by atoms with Gasteiger partial charge in [0, 0.05) is 6.16 Å². The van der Waals surface area contributed by atoms with Crippen LogP contribution in [0.1, 0.15) is 39.5 Å². The zero-order valence-electron chi connectivity index (χ0n) is 11.6. The molecule has 0 N–H and O–H groups in total. The third kappa shape index (κ3) is 10.7. The topological polar surface area (TPSA) is 0 Å². The number of rotatable bonds is 9. The molecule has 0 saturated carbocycles. The van der Waals surface area contributed by atoms with Crippen molar-refractivity contribution >= 4 is 7.92 Å². The Kier molecular flexibility index (Phi) is 8.75. The quantitative estimate of drug-likeness (QED) is 0.419. The fourth-order valence-corrected chi connectivity index (χ4v) is 4.62. The van der Waals surface area contributed by atoms with Gasteiger partial charge in [-0.15, -0.1) is 7.92 Å². The predicted molar refractivity (Wildman–Crippen MR) is 74.2 cm³/mol. The molecule has 1 nitrogen and oxygen atoms in total. The van der Waals surface area contributed by atoms with Gasteiger partial charge in [-0.3, -0.25) is 0 Å². The Balaban J connectivity index is 3.78. The van der Waals surface area contributed by atoms with Crippen LogP contribution < -0.4 is 0 Å². The molecule has 0 aliphatic rings. The van der Waals surface area contributed by atoms with Crippen LogP contribution in [0.3, 0.4) is 0 Å². The minimum absolute atomic E-state index is 0.348. The van der Waals surface area contributed by atoms with Crippen molar-refractivity contribution in [2.45, 2.75) is 39.5 Å². The molecule has 0 aromatic carbocycles. The lowest BCUT2D eigenvalue weighted by Gasteiger charge is -2.27. The summed E-state index contributed by atoms with van der Waals surface area (Å²) in [7, 11) is 7.29. The van der Waals surface area contributed by atoms with E-state index in [-0.39, 0.29) is 0 Å². The lowest BCUT2D eigenvalue weighted by Crippen LogP contribution is -2.36. The maximum atomic E-state index is 2.31. The minimum Gasteiger partial charge on any atom is -0.331 e. The molecular weight excluding hydrogens is 201 g/mol. The summed E-state index contributed by atoms with van der Waals surface area (Å²) in [5.41, 5.74) is 0. The molecule has 0 aliphatic carbocycles. The van der Waals surface area contributed by atoms with Crippen LogP contribution in [0.2, 0.25) is 0 Å². The van der Waals surface area contributed by atoms with E-state index in [1.54, 1.807) is 0 Å². The fourth-order valence-electron chi connectivity index (χ4n) is 1.54. The van der Waals surface area contributed by atoms with Crippen molar-refractivity contribution in [3.8, 4) is 0 Å². The first-order valence-electron chi connectivity index (χ1n) is 6.52. The third-order valence-corrected chi connectivity index (χ3v) is 5.47. The van der Waals surface area contributed by atoms with E-state index in [1.807, 2.05) is 0 Å². The van der Waals surface area contributed by atoms with Crippen molar-refractivity contribution in [2.75, 3.05) is 46.2 Å². The second kappa shape index (κ2) is 8.53. The normalized spacial score (nSPS) is 12.4. The zero-order valence-corrected chi connectivity index (χ0v) is 12.4. The maximum Gasteiger partial charge on any atom is 0.0820 e. The Morgan fingerprint density at radius 2 is 1.27 bits per heavy atom. The van der Waals surface area contributed by atoms with Crippen LogP contribution in [0.25, 0.3) is 0 Å². The van der Waals surface area contributed by atoms with Gasteiger partial charge in [0.15, 0.2) is 0 Å². The second-order valence-electron chi connectivity index (χ2n) is 5.56. The number of nitrogens with zero attached hydrogens (tertiary/aromatic N) is 1. The molecule has 0 aliphatic heterocycles. The Labute approximate surface area is 98.6 Å². The summed E-state index contributed by atoms with van der Waals surface area (Å²) >= 11 is 0. The summed E-state index contributed by atoms with van der Waals surface area (Å²) in [6, 6.07) is 0. The fraction of sp³-hybridized carbons (Fsp3) is 1.00. The van der Waals surface area contributed by atoms with Gasteiger partial charge in [0.2, 0.25) is 0 Å². The minimum atomic E-state index is 0.348. The standard InChI is InChI=1S/C13H31NP/c1-6-8-11-15(12-9-7-2)13-10-14(3,4)5/h6-13H2,1-5H3/q+1. The van der Waals surface area contributed by atoms with Gasteiger partial charge in [0.05, 0.1) is 27.7 Å². The van der Waals surface area contributed by atoms with Gasteiger partial charge in [0.25, 0.3) is 0 Å². The Hall–Kier alpha value is 0.390. The molecule has 2 heteroatoms. The summed E-state index contributed by atoms with van der Waals surface area (Å²) in [6.45, 7) is 5.99. The molecule has 0 amide bonds. The number of hydrogen-bond acceptors (Lipinski definition) is 0. The van der Waals surface area contributed by atoms with Crippen molar-refractivity contribution in [2.24, 2.45) is 0 Å². The highest BCUT2D eigenvalue weighted by molar-refractivity contribution is 7.57. The first-order chi connectivity index (χ1) is 6.99. The summed E-state index contributed by atoms with van der Waals surface area (Å²) in [5.74, 6) is 0. The molecule has 0 saturated heterocycles. The zero-order chi connectivity index (χ0) is 11.7. The van der Waals surface area contributed by atoms with Crippen molar-refractivity contribution in [1.82, 2.24) is 0 Å². The Morgan fingerprint density at radius 1 is 0.800 bits per heavy atom. The van der Waals surface area contributed by atoms with E-state index in [1.165, 1.54) is 50.7 Å². The predicted octanol–water partition coefficient (Wildman–Crippen LogP) is 3.77. The van der Waals surface area contributed by atoms with Crippen LogP contribution in [0.5, 0.6) is 0 Å². The van der Waals surface area contributed by atoms with Crippen LogP contribution >= 0.6 is 7.92 Å². The van der Waals surface area contributed by atoms with Gasteiger partial charge in [0.1, 0.15) is 0 Å². The Bertz CT molecular complexity index is 132. The SMILES string of the molecule is CCCCP(CCCC)CC[N+](C)(C)C. The summed E-state index contributed by atoms with van der Waals surface area (Å²) < 4.78 is 1.14. The van der Waals surface area contributed by atoms with E-state index in [0.717, 1.165) is 4.48 Å². The molecule has 0 aromatic heterocycles. The summed E-state index contributed by atoms with van der Waals surface area (Å²) in [6.07, 6.45) is 10.2. The first-order valence-corrected chi connectivity index (χ1v) is 8.42. The average molecular weight is 232 g/mol. The number of quaternary nitrogens is 1. The van der Waals surface area contributed by atoms with E-state index >= 15 is 0 Å².